The summed E-state index contributed by atoms with van der Waals surface area (Å²) < 4.78 is 80.9. The molecule has 0 spiro atoms. The van der Waals surface area contributed by atoms with Crippen LogP contribution in [0, 0.1) is 21.7 Å². The molecule has 0 aliphatic carbocycles. The van der Waals surface area contributed by atoms with E-state index in [1.165, 1.54) is 10.8 Å². The van der Waals surface area contributed by atoms with E-state index in [0.29, 0.717) is 58.1 Å². The van der Waals surface area contributed by atoms with Crippen LogP contribution in [0.3, 0.4) is 0 Å². The number of aromatic nitrogens is 8. The van der Waals surface area contributed by atoms with E-state index in [1.807, 2.05) is 6.07 Å². The molecule has 744 valence electrons. The Hall–Kier alpha value is -12.0. The third-order valence-electron chi connectivity index (χ3n) is 30.6. The Morgan fingerprint density at radius 3 is 0.917 bits per heavy atom. The quantitative estimate of drug-likeness (QED) is 0.0328. The second-order valence-corrected chi connectivity index (χ2v) is 40.7. The molecule has 20 nitrogen and oxygen atoms in total. The monoisotopic (exact) mass is 1930 g/mol. The summed E-state index contributed by atoms with van der Waals surface area (Å²) in [5, 5.41) is 11.3. The Balaban J connectivity index is 0.000000170. The summed E-state index contributed by atoms with van der Waals surface area (Å²) in [5.41, 5.74) is 22.1. The summed E-state index contributed by atoms with van der Waals surface area (Å²) in [4.78, 5) is 21.6. The zero-order valence-corrected chi connectivity index (χ0v) is 84.2. The van der Waals surface area contributed by atoms with Crippen LogP contribution in [0.25, 0.3) is 155 Å². The van der Waals surface area contributed by atoms with Crippen molar-refractivity contribution in [2.24, 2.45) is 21.7 Å². The fraction of sp³-hybridized carbons (Fsp3) is 0.387. The number of benzene rings is 12. The van der Waals surface area contributed by atoms with Crippen molar-refractivity contribution in [3.05, 3.63) is 289 Å². The van der Waals surface area contributed by atoms with Crippen molar-refractivity contribution in [3.63, 3.8) is 0 Å². The summed E-state index contributed by atoms with van der Waals surface area (Å²) in [5.74, 6) is 1.26. The van der Waals surface area contributed by atoms with Crippen molar-refractivity contribution < 1.29 is 56.8 Å². The van der Waals surface area contributed by atoms with E-state index < -0.39 is 0 Å². The topological polar surface area (TPSA) is 182 Å². The van der Waals surface area contributed by atoms with Crippen molar-refractivity contribution in [1.29, 1.82) is 0 Å². The SMILES string of the molecule is CCC1(COCCCCCOCc2ccc3c(c2)c2c(ccc4c5cc(COCCCCCOCC6(CC)COC6)ccc5n(-c5nc(-c6ccccc6)c6ccccc6n5)c42)n3-c2ccccc2)COC1.CCC1(COCCCCCOCc2ccc3c(c2)c2cc4c5cc(COCCCCCOCC6(CC)COC6)ccc5n(-c5nc(-c6ccccc6)c6ccccc6n5)c4cc2n3-c2ccccc2)COC1. The van der Waals surface area contributed by atoms with Crippen LogP contribution in [-0.2, 0) is 83.3 Å². The number of unbranched alkanes of at least 4 members (excludes halogenated alkanes) is 8. The fourth-order valence-corrected chi connectivity index (χ4v) is 21.2. The van der Waals surface area contributed by atoms with Gasteiger partial charge in [-0.1, -0.05) is 191 Å². The van der Waals surface area contributed by atoms with Crippen LogP contribution >= 0.6 is 0 Å². The first kappa shape index (κ1) is 98.1. The van der Waals surface area contributed by atoms with Gasteiger partial charge in [-0.3, -0.25) is 9.13 Å². The van der Waals surface area contributed by atoms with Gasteiger partial charge in [-0.25, -0.2) is 19.9 Å². The molecule has 0 saturated carbocycles. The van der Waals surface area contributed by atoms with Crippen LogP contribution in [0.5, 0.6) is 0 Å². The molecule has 0 unspecified atom stereocenters. The van der Waals surface area contributed by atoms with Gasteiger partial charge in [0, 0.05) is 151 Å². The maximum absolute atomic E-state index is 6.39. The molecule has 4 aliphatic rings. The number of ether oxygens (including phenoxy) is 12. The standard InChI is InChI=1S/2C62H68N4O6/c1-3-61(41-71-42-61)39-69-33-17-7-15-31-67-37-45-25-28-54-51(35-45)49-27-30-56-57(59(49)66(54)60-63-53-24-14-13-23-50(53)58(64-60)47-19-9-5-10-20-47)52-36-46(26-29-55(52)65(56)48-21-11-6-12-22-48)38-68-32-16-8-18-34-70-40-62(4-2)43-72-44-62;1-3-61(41-71-42-61)39-69-31-17-7-15-29-67-37-45-25-27-55-50(33-45)52-35-53-51-34-46(38-68-30-16-8-18-32-70-40-62(4-2)43-72-44-62)26-28-56(51)66(58(53)36-57(52)65(55)48-21-11-6-12-22-48)60-63-54-24-14-13-23-49(54)59(64-60)47-19-9-5-10-20-47/h5-6,9-14,19-30,35-36H,3-4,7-8,15-18,31-34,37-44H2,1-2H3;5-6,9-14,19-28,33-36H,3-4,7-8,15-18,29-32,37-44H2,1-2H3. The third kappa shape index (κ3) is 21.3. The lowest BCUT2D eigenvalue weighted by molar-refractivity contribution is -0.150. The van der Waals surface area contributed by atoms with Gasteiger partial charge < -0.3 is 66.0 Å². The highest BCUT2D eigenvalue weighted by Crippen LogP contribution is 2.47. The van der Waals surface area contributed by atoms with Crippen molar-refractivity contribution in [2.75, 3.05) is 132 Å². The summed E-state index contributed by atoms with van der Waals surface area (Å²) >= 11 is 0. The van der Waals surface area contributed by atoms with E-state index in [0.717, 1.165) is 369 Å². The predicted molar refractivity (Wildman–Crippen MR) is 579 cm³/mol. The van der Waals surface area contributed by atoms with Crippen LogP contribution in [0.4, 0.5) is 0 Å². The average molecular weight is 1930 g/mol. The van der Waals surface area contributed by atoms with Crippen LogP contribution in [0.1, 0.15) is 153 Å². The lowest BCUT2D eigenvalue weighted by atomic mass is 9.84. The van der Waals surface area contributed by atoms with Crippen LogP contribution < -0.4 is 0 Å². The molecular formula is C124H136N8O12. The molecule has 0 radical (unpaired) electrons. The summed E-state index contributed by atoms with van der Waals surface area (Å²) in [7, 11) is 0. The number of fused-ring (bicyclic) bond motifs is 15. The van der Waals surface area contributed by atoms with Crippen molar-refractivity contribution >= 4 is 109 Å². The highest BCUT2D eigenvalue weighted by molar-refractivity contribution is 6.26. The second kappa shape index (κ2) is 45.8. The molecule has 4 aliphatic heterocycles. The molecule has 0 amide bonds. The van der Waals surface area contributed by atoms with Gasteiger partial charge in [0.25, 0.3) is 0 Å². The minimum atomic E-state index is 0.232. The van der Waals surface area contributed by atoms with E-state index in [9.17, 15) is 0 Å². The molecule has 0 atom stereocenters. The van der Waals surface area contributed by atoms with Crippen LogP contribution in [0.2, 0.25) is 0 Å². The number of nitrogens with zero attached hydrogens (tertiary/aromatic N) is 8. The average Bonchev–Trinajstić information content (AvgIpc) is 1.54. The molecule has 4 saturated heterocycles. The van der Waals surface area contributed by atoms with Gasteiger partial charge in [0.15, 0.2) is 0 Å². The summed E-state index contributed by atoms with van der Waals surface area (Å²) in [6.07, 6.45) is 16.9. The van der Waals surface area contributed by atoms with Crippen LogP contribution in [-0.4, -0.2) is 170 Å². The minimum Gasteiger partial charge on any atom is -0.381 e. The number of para-hydroxylation sites is 4. The van der Waals surface area contributed by atoms with Crippen molar-refractivity contribution in [2.45, 2.75) is 157 Å². The van der Waals surface area contributed by atoms with E-state index in [-0.39, 0.29) is 21.7 Å². The molecule has 0 bridgehead atoms. The molecular weight excluding hydrogens is 1790 g/mol. The highest BCUT2D eigenvalue weighted by atomic mass is 16.5. The smallest absolute Gasteiger partial charge is 0.235 e. The van der Waals surface area contributed by atoms with E-state index in [2.05, 4.69) is 307 Å². The van der Waals surface area contributed by atoms with Gasteiger partial charge in [0.1, 0.15) is 0 Å². The van der Waals surface area contributed by atoms with Gasteiger partial charge in [0.2, 0.25) is 11.9 Å². The van der Waals surface area contributed by atoms with Gasteiger partial charge >= 0.3 is 0 Å². The zero-order valence-electron chi connectivity index (χ0n) is 84.2. The van der Waals surface area contributed by atoms with Crippen molar-refractivity contribution in [3.8, 4) is 45.8 Å². The molecule has 18 aromatic rings. The Labute approximate surface area is 844 Å². The summed E-state index contributed by atoms with van der Waals surface area (Å²) in [6, 6.07) is 95.4. The van der Waals surface area contributed by atoms with Gasteiger partial charge in [-0.15, -0.1) is 0 Å². The zero-order chi connectivity index (χ0) is 97.5. The molecule has 10 heterocycles. The van der Waals surface area contributed by atoms with Crippen molar-refractivity contribution in [1.82, 2.24) is 38.2 Å². The van der Waals surface area contributed by atoms with Crippen LogP contribution in [0.15, 0.2) is 267 Å². The Kier molecular flexibility index (Phi) is 31.2. The van der Waals surface area contributed by atoms with E-state index in [1.54, 1.807) is 0 Å². The minimum absolute atomic E-state index is 0.232. The molecule has 6 aromatic heterocycles. The lowest BCUT2D eigenvalue weighted by Crippen LogP contribution is -2.45. The normalized spacial score (nSPS) is 15.2. The number of hydrogen-bond acceptors (Lipinski definition) is 16. The third-order valence-corrected chi connectivity index (χ3v) is 30.6. The maximum Gasteiger partial charge on any atom is 0.235 e. The first-order chi connectivity index (χ1) is 71.1. The Morgan fingerprint density at radius 1 is 0.243 bits per heavy atom. The molecule has 0 N–H and O–H groups in total. The Morgan fingerprint density at radius 2 is 0.542 bits per heavy atom. The first-order valence-electron chi connectivity index (χ1n) is 52.9. The molecule has 12 aromatic carbocycles. The van der Waals surface area contributed by atoms with E-state index in [4.69, 9.17) is 76.8 Å². The van der Waals surface area contributed by atoms with Gasteiger partial charge in [-0.05, 0) is 228 Å². The Bertz CT molecular complexity index is 7290. The summed E-state index contributed by atoms with van der Waals surface area (Å²) in [6.45, 7) is 26.9. The van der Waals surface area contributed by atoms with Gasteiger partial charge in [-0.2, -0.15) is 0 Å². The van der Waals surface area contributed by atoms with E-state index >= 15 is 0 Å². The molecule has 20 heteroatoms. The highest BCUT2D eigenvalue weighted by Gasteiger charge is 2.40. The predicted octanol–water partition coefficient (Wildman–Crippen LogP) is 27.5. The van der Waals surface area contributed by atoms with Gasteiger partial charge in [0.05, 0.1) is 172 Å². The molecule has 22 rings (SSSR count). The molecule has 144 heavy (non-hydrogen) atoms. The first-order valence-corrected chi connectivity index (χ1v) is 52.9. The number of rotatable bonds is 50. The molecule has 4 fully saturated rings. The number of hydrogen-bond donors (Lipinski definition) is 0. The fourth-order valence-electron chi connectivity index (χ4n) is 21.2. The lowest BCUT2D eigenvalue weighted by Gasteiger charge is -2.40. The largest absolute Gasteiger partial charge is 0.381 e. The second-order valence-electron chi connectivity index (χ2n) is 40.7. The maximum atomic E-state index is 6.39.